The highest BCUT2D eigenvalue weighted by molar-refractivity contribution is 5.96. The highest BCUT2D eigenvalue weighted by Gasteiger charge is 2.35. The topological polar surface area (TPSA) is 75.9 Å². The Bertz CT molecular complexity index is 1250. The molecule has 0 bridgehead atoms. The molecule has 184 valence electrons. The fourth-order valence-electron chi connectivity index (χ4n) is 4.94. The summed E-state index contributed by atoms with van der Waals surface area (Å²) in [5.41, 5.74) is 3.64. The van der Waals surface area contributed by atoms with Gasteiger partial charge in [0.2, 0.25) is 5.91 Å². The number of amides is 2. The molecule has 2 amide bonds. The quantitative estimate of drug-likeness (QED) is 0.552. The van der Waals surface area contributed by atoms with Crippen LogP contribution in [0.4, 0.5) is 4.39 Å². The summed E-state index contributed by atoms with van der Waals surface area (Å²) < 4.78 is 24.8. The smallest absolute Gasteiger partial charge is 0.289 e. The van der Waals surface area contributed by atoms with Crippen LogP contribution in [-0.2, 0) is 9.53 Å². The van der Waals surface area contributed by atoms with Crippen molar-refractivity contribution in [3.05, 3.63) is 53.5 Å². The molecule has 2 aliphatic heterocycles. The molecule has 2 saturated heterocycles. The molecule has 2 aliphatic rings. The van der Waals surface area contributed by atoms with Crippen LogP contribution in [0.15, 0.2) is 40.8 Å². The summed E-state index contributed by atoms with van der Waals surface area (Å²) >= 11 is 0. The molecule has 1 aromatic carbocycles. The number of halogens is 1. The molecule has 0 N–H and O–H groups in total. The molecule has 4 heterocycles. The number of furan rings is 1. The lowest BCUT2D eigenvalue weighted by Gasteiger charge is -2.40. The van der Waals surface area contributed by atoms with Gasteiger partial charge in [0.15, 0.2) is 11.3 Å². The Kier molecular flexibility index (Phi) is 6.32. The Labute approximate surface area is 203 Å². The van der Waals surface area contributed by atoms with Crippen LogP contribution in [-0.4, -0.2) is 65.5 Å². The normalized spacial score (nSPS) is 20.7. The highest BCUT2D eigenvalue weighted by atomic mass is 19.1. The van der Waals surface area contributed by atoms with Crippen molar-refractivity contribution in [2.45, 2.75) is 39.2 Å². The van der Waals surface area contributed by atoms with Crippen LogP contribution in [0.5, 0.6) is 0 Å². The van der Waals surface area contributed by atoms with Crippen LogP contribution >= 0.6 is 0 Å². The first kappa shape index (κ1) is 23.5. The molecule has 0 spiro atoms. The van der Waals surface area contributed by atoms with E-state index in [1.807, 2.05) is 17.9 Å². The summed E-state index contributed by atoms with van der Waals surface area (Å²) in [5, 5.41) is 0. The SMILES string of the molecule is CC(C)c1cc(-c2ccc(F)cc2)nc2cc(C(=O)N3CCN(C(=O)C4CCOC4)[C@@H](C)C3)oc12. The van der Waals surface area contributed by atoms with Crippen LogP contribution in [0, 0.1) is 11.7 Å². The molecule has 0 aliphatic carbocycles. The zero-order valence-corrected chi connectivity index (χ0v) is 20.3. The maximum Gasteiger partial charge on any atom is 0.289 e. The van der Waals surface area contributed by atoms with Crippen LogP contribution in [0.3, 0.4) is 0 Å². The average molecular weight is 480 g/mol. The van der Waals surface area contributed by atoms with Crippen molar-refractivity contribution in [3.8, 4) is 11.3 Å². The summed E-state index contributed by atoms with van der Waals surface area (Å²) in [6.07, 6.45) is 0.759. The molecule has 2 aromatic heterocycles. The predicted octanol–water partition coefficient (Wildman–Crippen LogP) is 4.47. The molecule has 1 unspecified atom stereocenters. The molecule has 7 nitrogen and oxygen atoms in total. The van der Waals surface area contributed by atoms with Crippen molar-refractivity contribution in [1.29, 1.82) is 0 Å². The van der Waals surface area contributed by atoms with Crippen molar-refractivity contribution in [2.24, 2.45) is 5.92 Å². The second kappa shape index (κ2) is 9.41. The second-order valence-corrected chi connectivity index (χ2v) is 9.78. The number of pyridine rings is 1. The third kappa shape index (κ3) is 4.55. The zero-order valence-electron chi connectivity index (χ0n) is 20.3. The number of nitrogens with zero attached hydrogens (tertiary/aromatic N) is 3. The van der Waals surface area contributed by atoms with Gasteiger partial charge in [-0.25, -0.2) is 9.37 Å². The standard InChI is InChI=1S/C27H30FN3O4/c1-16(2)21-12-22(18-4-6-20(28)7-5-18)29-23-13-24(35-25(21)23)27(33)30-9-10-31(17(3)14-30)26(32)19-8-11-34-15-19/h4-7,12-13,16-17,19H,8-11,14-15H2,1-3H3/t17-,19?/m0/s1. The first-order valence-electron chi connectivity index (χ1n) is 12.2. The van der Waals surface area contributed by atoms with Crippen LogP contribution in [0.2, 0.25) is 0 Å². The van der Waals surface area contributed by atoms with Gasteiger partial charge in [-0.05, 0) is 49.6 Å². The van der Waals surface area contributed by atoms with Crippen molar-refractivity contribution in [3.63, 3.8) is 0 Å². The highest BCUT2D eigenvalue weighted by Crippen LogP contribution is 2.32. The summed E-state index contributed by atoms with van der Waals surface area (Å²) in [5.74, 6) is -0.0903. The van der Waals surface area contributed by atoms with E-state index in [4.69, 9.17) is 14.1 Å². The Morgan fingerprint density at radius 2 is 1.91 bits per heavy atom. The van der Waals surface area contributed by atoms with Gasteiger partial charge in [-0.3, -0.25) is 9.59 Å². The van der Waals surface area contributed by atoms with Gasteiger partial charge in [-0.15, -0.1) is 0 Å². The maximum absolute atomic E-state index is 13.4. The minimum absolute atomic E-state index is 0.0779. The van der Waals surface area contributed by atoms with E-state index in [9.17, 15) is 14.0 Å². The number of piperazine rings is 1. The molecule has 3 aromatic rings. The Morgan fingerprint density at radius 1 is 1.14 bits per heavy atom. The van der Waals surface area contributed by atoms with E-state index in [1.54, 1.807) is 23.1 Å². The van der Waals surface area contributed by atoms with E-state index in [2.05, 4.69) is 13.8 Å². The van der Waals surface area contributed by atoms with Gasteiger partial charge in [0.1, 0.15) is 11.3 Å². The zero-order chi connectivity index (χ0) is 24.7. The fourth-order valence-corrected chi connectivity index (χ4v) is 4.94. The number of fused-ring (bicyclic) bond motifs is 1. The number of carbonyl (C=O) groups excluding carboxylic acids is 2. The minimum atomic E-state index is -0.303. The van der Waals surface area contributed by atoms with Crippen molar-refractivity contribution < 1.29 is 23.1 Å². The largest absolute Gasteiger partial charge is 0.449 e. The van der Waals surface area contributed by atoms with Gasteiger partial charge in [0.05, 0.1) is 18.2 Å². The number of ether oxygens (including phenoxy) is 1. The maximum atomic E-state index is 13.4. The first-order valence-corrected chi connectivity index (χ1v) is 12.2. The molecule has 2 atom stereocenters. The second-order valence-electron chi connectivity index (χ2n) is 9.78. The fraction of sp³-hybridized carbons (Fsp3) is 0.444. The van der Waals surface area contributed by atoms with Gasteiger partial charge in [-0.2, -0.15) is 0 Å². The van der Waals surface area contributed by atoms with E-state index < -0.39 is 0 Å². The summed E-state index contributed by atoms with van der Waals surface area (Å²) in [6, 6.07) is 9.75. The first-order chi connectivity index (χ1) is 16.8. The Balaban J connectivity index is 1.38. The third-order valence-electron chi connectivity index (χ3n) is 6.96. The van der Waals surface area contributed by atoms with Crippen molar-refractivity contribution >= 4 is 22.9 Å². The lowest BCUT2D eigenvalue weighted by molar-refractivity contribution is -0.139. The molecule has 0 saturated carbocycles. The summed E-state index contributed by atoms with van der Waals surface area (Å²) in [7, 11) is 0. The van der Waals surface area contributed by atoms with Crippen LogP contribution in [0.25, 0.3) is 22.4 Å². The van der Waals surface area contributed by atoms with E-state index in [0.717, 1.165) is 17.5 Å². The van der Waals surface area contributed by atoms with Crippen LogP contribution < -0.4 is 0 Å². The number of aromatic nitrogens is 1. The number of carbonyl (C=O) groups is 2. The van der Waals surface area contributed by atoms with Crippen molar-refractivity contribution in [2.75, 3.05) is 32.8 Å². The predicted molar refractivity (Wildman–Crippen MR) is 129 cm³/mol. The van der Waals surface area contributed by atoms with E-state index in [1.165, 1.54) is 12.1 Å². The molecule has 0 radical (unpaired) electrons. The number of benzene rings is 1. The molecular formula is C27H30FN3O4. The number of hydrogen-bond donors (Lipinski definition) is 0. The lowest BCUT2D eigenvalue weighted by atomic mass is 10.00. The summed E-state index contributed by atoms with van der Waals surface area (Å²) in [4.78, 5) is 34.5. The summed E-state index contributed by atoms with van der Waals surface area (Å²) in [6.45, 7) is 8.58. The Morgan fingerprint density at radius 3 is 2.57 bits per heavy atom. The molecular weight excluding hydrogens is 449 g/mol. The van der Waals surface area contributed by atoms with E-state index in [-0.39, 0.29) is 41.3 Å². The lowest BCUT2D eigenvalue weighted by Crippen LogP contribution is -2.56. The average Bonchev–Trinajstić information content (AvgIpc) is 3.53. The van der Waals surface area contributed by atoms with Gasteiger partial charge >= 0.3 is 0 Å². The number of hydrogen-bond acceptors (Lipinski definition) is 5. The third-order valence-corrected chi connectivity index (χ3v) is 6.96. The van der Waals surface area contributed by atoms with Gasteiger partial charge in [0, 0.05) is 49.5 Å². The van der Waals surface area contributed by atoms with Crippen LogP contribution in [0.1, 0.15) is 49.2 Å². The van der Waals surface area contributed by atoms with Gasteiger partial charge in [0.25, 0.3) is 5.91 Å². The number of rotatable bonds is 4. The molecule has 8 heteroatoms. The molecule has 5 rings (SSSR count). The van der Waals surface area contributed by atoms with E-state index >= 15 is 0 Å². The van der Waals surface area contributed by atoms with Gasteiger partial charge < -0.3 is 19.0 Å². The molecule has 2 fully saturated rings. The monoisotopic (exact) mass is 479 g/mol. The molecule has 35 heavy (non-hydrogen) atoms. The minimum Gasteiger partial charge on any atom is -0.449 e. The van der Waals surface area contributed by atoms with E-state index in [0.29, 0.717) is 49.6 Å². The van der Waals surface area contributed by atoms with Gasteiger partial charge in [-0.1, -0.05) is 13.8 Å². The Hall–Kier alpha value is -3.26. The van der Waals surface area contributed by atoms with Crippen molar-refractivity contribution in [1.82, 2.24) is 14.8 Å².